The molecule has 30 heavy (non-hydrogen) atoms. The Morgan fingerprint density at radius 1 is 1.30 bits per heavy atom. The Kier molecular flexibility index (Phi) is 3.65. The average molecular weight is 410 g/mol. The fourth-order valence-corrected chi connectivity index (χ4v) is 4.24. The van der Waals surface area contributed by atoms with Gasteiger partial charge in [-0.25, -0.2) is 18.9 Å². The van der Waals surface area contributed by atoms with E-state index < -0.39 is 5.82 Å². The van der Waals surface area contributed by atoms with E-state index in [4.69, 9.17) is 14.5 Å². The van der Waals surface area contributed by atoms with Crippen LogP contribution in [0, 0.1) is 5.82 Å². The molecule has 0 saturated heterocycles. The van der Waals surface area contributed by atoms with Crippen LogP contribution in [0.15, 0.2) is 24.7 Å². The van der Waals surface area contributed by atoms with Gasteiger partial charge in [-0.1, -0.05) is 0 Å². The van der Waals surface area contributed by atoms with Crippen molar-refractivity contribution in [1.82, 2.24) is 24.9 Å². The number of rotatable bonds is 0. The van der Waals surface area contributed by atoms with E-state index in [0.717, 1.165) is 19.0 Å². The van der Waals surface area contributed by atoms with Gasteiger partial charge in [0, 0.05) is 5.56 Å². The van der Waals surface area contributed by atoms with Crippen LogP contribution in [0.5, 0.6) is 11.6 Å². The van der Waals surface area contributed by atoms with Gasteiger partial charge in [-0.05, 0) is 25.8 Å². The molecule has 0 radical (unpaired) electrons. The maximum absolute atomic E-state index is 14.0. The molecule has 0 unspecified atom stereocenters. The Balaban J connectivity index is 1.55. The van der Waals surface area contributed by atoms with Crippen molar-refractivity contribution in [2.75, 3.05) is 11.5 Å². The lowest BCUT2D eigenvalue weighted by Gasteiger charge is -2.48. The molecular weight excluding hydrogens is 391 g/mol. The molecule has 0 spiro atoms. The number of nitrogens with zero attached hydrogens (tertiary/aromatic N) is 5. The van der Waals surface area contributed by atoms with E-state index in [0.29, 0.717) is 40.8 Å². The molecule has 3 atom stereocenters. The van der Waals surface area contributed by atoms with Crippen LogP contribution in [0.4, 0.5) is 10.2 Å². The van der Waals surface area contributed by atoms with Crippen molar-refractivity contribution in [2.24, 2.45) is 0 Å². The third kappa shape index (κ3) is 2.59. The number of aromatic nitrogens is 4. The highest BCUT2D eigenvalue weighted by atomic mass is 19.1. The van der Waals surface area contributed by atoms with Gasteiger partial charge in [-0.15, -0.1) is 0 Å². The summed E-state index contributed by atoms with van der Waals surface area (Å²) in [6.45, 7) is 2.41. The molecule has 1 N–H and O–H groups in total. The normalized spacial score (nSPS) is 24.9. The molecule has 154 valence electrons. The van der Waals surface area contributed by atoms with E-state index in [-0.39, 0.29) is 30.7 Å². The first-order chi connectivity index (χ1) is 14.6. The molecule has 3 aliphatic rings. The van der Waals surface area contributed by atoms with Crippen LogP contribution in [-0.2, 0) is 6.54 Å². The standard InChI is InChI=1S/C20H19FN6O3/c1-10-9-29-20-11(4-12(21)5-22-20)7-26-14-2-3-15(14)30-16-8-27-17(25-18(16)26)13(6-23-27)19(28)24-10/h4-6,8,10,14-15H,2-3,7,9H2,1H3,(H,24,28)/t10-,14-,15+/m1/s1. The Morgan fingerprint density at radius 3 is 3.03 bits per heavy atom. The molecule has 6 rings (SSSR count). The van der Waals surface area contributed by atoms with Crippen LogP contribution >= 0.6 is 0 Å². The van der Waals surface area contributed by atoms with Gasteiger partial charge in [-0.2, -0.15) is 5.10 Å². The molecule has 3 aromatic rings. The SMILES string of the molecule is C[C@@H]1COc2ncc(F)cc2CN2c3nc4c(cnn4cc3O[C@H]3CC[C@H]32)C(=O)N1. The zero-order valence-corrected chi connectivity index (χ0v) is 16.2. The third-order valence-electron chi connectivity index (χ3n) is 5.89. The number of nitrogens with one attached hydrogen (secondary N) is 1. The molecule has 1 saturated carbocycles. The van der Waals surface area contributed by atoms with E-state index >= 15 is 0 Å². The summed E-state index contributed by atoms with van der Waals surface area (Å²) in [7, 11) is 0. The van der Waals surface area contributed by atoms with Crippen LogP contribution in [0.2, 0.25) is 0 Å². The van der Waals surface area contributed by atoms with Crippen LogP contribution in [0.1, 0.15) is 35.7 Å². The second kappa shape index (κ2) is 6.28. The summed E-state index contributed by atoms with van der Waals surface area (Å²) < 4.78 is 27.6. The minimum atomic E-state index is -0.428. The first kappa shape index (κ1) is 17.4. The van der Waals surface area contributed by atoms with Gasteiger partial charge in [-0.3, -0.25) is 4.79 Å². The number of carbonyl (C=O) groups excluding carboxylic acids is 1. The van der Waals surface area contributed by atoms with Crippen molar-refractivity contribution < 1.29 is 18.7 Å². The summed E-state index contributed by atoms with van der Waals surface area (Å²) >= 11 is 0. The zero-order chi connectivity index (χ0) is 20.4. The number of fused-ring (bicyclic) bond motifs is 3. The highest BCUT2D eigenvalue weighted by molar-refractivity contribution is 6.00. The summed E-state index contributed by atoms with van der Waals surface area (Å²) in [6, 6.07) is 1.27. The fourth-order valence-electron chi connectivity index (χ4n) is 4.24. The molecule has 0 aromatic carbocycles. The molecule has 9 nitrogen and oxygen atoms in total. The monoisotopic (exact) mass is 410 g/mol. The first-order valence-corrected chi connectivity index (χ1v) is 9.96. The number of ether oxygens (including phenoxy) is 2. The summed E-state index contributed by atoms with van der Waals surface area (Å²) in [5.41, 5.74) is 1.45. The minimum absolute atomic E-state index is 0.0386. The van der Waals surface area contributed by atoms with Crippen LogP contribution < -0.4 is 19.7 Å². The van der Waals surface area contributed by atoms with Crippen molar-refractivity contribution in [1.29, 1.82) is 0 Å². The molecule has 1 fully saturated rings. The van der Waals surface area contributed by atoms with Crippen molar-refractivity contribution in [3.8, 4) is 11.6 Å². The number of hydrogen-bond donors (Lipinski definition) is 1. The molecule has 5 heterocycles. The summed E-state index contributed by atoms with van der Waals surface area (Å²) in [5.74, 6) is 0.840. The van der Waals surface area contributed by atoms with Crippen molar-refractivity contribution in [3.63, 3.8) is 0 Å². The van der Waals surface area contributed by atoms with Gasteiger partial charge >= 0.3 is 0 Å². The van der Waals surface area contributed by atoms with Gasteiger partial charge in [0.25, 0.3) is 5.91 Å². The Hall–Kier alpha value is -3.43. The van der Waals surface area contributed by atoms with Gasteiger partial charge < -0.3 is 19.7 Å². The van der Waals surface area contributed by atoms with Crippen molar-refractivity contribution >= 4 is 17.4 Å². The first-order valence-electron chi connectivity index (χ1n) is 9.96. The molecule has 2 bridgehead atoms. The number of hydrogen-bond acceptors (Lipinski definition) is 7. The maximum Gasteiger partial charge on any atom is 0.257 e. The van der Waals surface area contributed by atoms with Gasteiger partial charge in [0.1, 0.15) is 24.1 Å². The molecule has 2 aliphatic heterocycles. The molecular formula is C20H19FN6O3. The summed E-state index contributed by atoms with van der Waals surface area (Å²) in [6.07, 6.45) is 6.31. The predicted octanol–water partition coefficient (Wildman–Crippen LogP) is 1.70. The molecule has 1 aliphatic carbocycles. The number of carbonyl (C=O) groups is 1. The molecule has 3 aromatic heterocycles. The number of amides is 1. The average Bonchev–Trinajstić information content (AvgIpc) is 3.11. The lowest BCUT2D eigenvalue weighted by Crippen LogP contribution is -2.56. The van der Waals surface area contributed by atoms with Crippen LogP contribution in [0.3, 0.4) is 0 Å². The van der Waals surface area contributed by atoms with Gasteiger partial charge in [0.2, 0.25) is 5.88 Å². The van der Waals surface area contributed by atoms with Crippen molar-refractivity contribution in [3.05, 3.63) is 41.6 Å². The summed E-state index contributed by atoms with van der Waals surface area (Å²) in [5, 5.41) is 7.17. The number of anilines is 1. The largest absolute Gasteiger partial charge is 0.483 e. The Labute approximate surface area is 170 Å². The smallest absolute Gasteiger partial charge is 0.257 e. The lowest BCUT2D eigenvalue weighted by atomic mass is 9.86. The van der Waals surface area contributed by atoms with Crippen LogP contribution in [0.25, 0.3) is 5.65 Å². The predicted molar refractivity (Wildman–Crippen MR) is 103 cm³/mol. The summed E-state index contributed by atoms with van der Waals surface area (Å²) in [4.78, 5) is 23.8. The maximum atomic E-state index is 14.0. The highest BCUT2D eigenvalue weighted by Crippen LogP contribution is 2.43. The highest BCUT2D eigenvalue weighted by Gasteiger charge is 2.44. The van der Waals surface area contributed by atoms with Gasteiger partial charge in [0.05, 0.1) is 37.2 Å². The lowest BCUT2D eigenvalue weighted by molar-refractivity contribution is 0.0715. The van der Waals surface area contributed by atoms with Crippen LogP contribution in [-0.4, -0.2) is 50.3 Å². The molecule has 1 amide bonds. The number of pyridine rings is 1. The second-order valence-corrected chi connectivity index (χ2v) is 7.99. The molecule has 10 heteroatoms. The second-order valence-electron chi connectivity index (χ2n) is 7.99. The van der Waals surface area contributed by atoms with E-state index in [9.17, 15) is 9.18 Å². The topological polar surface area (TPSA) is 93.9 Å². The quantitative estimate of drug-likeness (QED) is 0.603. The fraction of sp³-hybridized carbons (Fsp3) is 0.400. The Bertz CT molecular complexity index is 1180. The van der Waals surface area contributed by atoms with Crippen molar-refractivity contribution in [2.45, 2.75) is 44.5 Å². The third-order valence-corrected chi connectivity index (χ3v) is 5.89. The van der Waals surface area contributed by atoms with E-state index in [1.54, 1.807) is 10.7 Å². The van der Waals surface area contributed by atoms with Gasteiger partial charge in [0.15, 0.2) is 17.2 Å². The number of halogens is 1. The minimum Gasteiger partial charge on any atom is -0.483 e. The van der Waals surface area contributed by atoms with E-state index in [1.807, 2.05) is 6.92 Å². The van der Waals surface area contributed by atoms with E-state index in [1.165, 1.54) is 12.3 Å². The zero-order valence-electron chi connectivity index (χ0n) is 16.2. The van der Waals surface area contributed by atoms with E-state index in [2.05, 4.69) is 20.3 Å². The Morgan fingerprint density at radius 2 is 2.20 bits per heavy atom.